The van der Waals surface area contributed by atoms with E-state index in [9.17, 15) is 0 Å². The van der Waals surface area contributed by atoms with Crippen LogP contribution in [0.3, 0.4) is 0 Å². The SMILES string of the molecule is CC.CC1CCCC2=C1C=CCC2. The van der Waals surface area contributed by atoms with Crippen LogP contribution in [0.1, 0.15) is 52.9 Å². The van der Waals surface area contributed by atoms with Gasteiger partial charge in [0.15, 0.2) is 0 Å². The summed E-state index contributed by atoms with van der Waals surface area (Å²) >= 11 is 0. The molecule has 2 aliphatic carbocycles. The van der Waals surface area contributed by atoms with Crippen molar-refractivity contribution in [3.8, 4) is 0 Å². The summed E-state index contributed by atoms with van der Waals surface area (Å²) in [6.07, 6.45) is 11.5. The van der Waals surface area contributed by atoms with Gasteiger partial charge in [0.1, 0.15) is 0 Å². The van der Waals surface area contributed by atoms with E-state index in [0.29, 0.717) is 0 Å². The second kappa shape index (κ2) is 5.26. The van der Waals surface area contributed by atoms with E-state index in [2.05, 4.69) is 19.1 Å². The highest BCUT2D eigenvalue weighted by Crippen LogP contribution is 2.35. The Morgan fingerprint density at radius 2 is 2.00 bits per heavy atom. The quantitative estimate of drug-likeness (QED) is 0.513. The molecule has 0 amide bonds. The predicted molar refractivity (Wildman–Crippen MR) is 59.8 cm³/mol. The summed E-state index contributed by atoms with van der Waals surface area (Å²) in [6.45, 7) is 6.37. The third-order valence-corrected chi connectivity index (χ3v) is 2.97. The van der Waals surface area contributed by atoms with Crippen molar-refractivity contribution in [1.82, 2.24) is 0 Å². The number of hydrogen-bond donors (Lipinski definition) is 0. The summed E-state index contributed by atoms with van der Waals surface area (Å²) in [5, 5.41) is 0. The minimum atomic E-state index is 0.843. The first-order chi connectivity index (χ1) is 6.38. The molecule has 0 aromatic heterocycles. The summed E-state index contributed by atoms with van der Waals surface area (Å²) in [6, 6.07) is 0. The van der Waals surface area contributed by atoms with Crippen molar-refractivity contribution < 1.29 is 0 Å². The molecule has 0 bridgehead atoms. The normalized spacial score (nSPS) is 26.2. The zero-order valence-electron chi connectivity index (χ0n) is 9.27. The molecule has 0 fully saturated rings. The molecule has 0 radical (unpaired) electrons. The van der Waals surface area contributed by atoms with Crippen LogP contribution in [0.15, 0.2) is 23.3 Å². The fourth-order valence-electron chi connectivity index (χ4n) is 2.29. The Labute approximate surface area is 82.7 Å². The molecule has 0 N–H and O–H groups in total. The van der Waals surface area contributed by atoms with Crippen molar-refractivity contribution in [3.63, 3.8) is 0 Å². The Morgan fingerprint density at radius 1 is 1.23 bits per heavy atom. The average molecular weight is 178 g/mol. The van der Waals surface area contributed by atoms with Gasteiger partial charge in [-0.1, -0.05) is 38.5 Å². The van der Waals surface area contributed by atoms with E-state index >= 15 is 0 Å². The Morgan fingerprint density at radius 3 is 2.69 bits per heavy atom. The number of hydrogen-bond acceptors (Lipinski definition) is 0. The van der Waals surface area contributed by atoms with Crippen molar-refractivity contribution >= 4 is 0 Å². The Kier molecular flexibility index (Phi) is 4.27. The first kappa shape index (κ1) is 10.6. The highest BCUT2D eigenvalue weighted by atomic mass is 14.2. The van der Waals surface area contributed by atoms with Gasteiger partial charge in [-0.15, -0.1) is 0 Å². The van der Waals surface area contributed by atoms with E-state index in [1.54, 1.807) is 11.1 Å². The van der Waals surface area contributed by atoms with Crippen molar-refractivity contribution in [3.05, 3.63) is 23.3 Å². The third kappa shape index (κ3) is 2.46. The monoisotopic (exact) mass is 178 g/mol. The van der Waals surface area contributed by atoms with E-state index in [1.807, 2.05) is 13.8 Å². The standard InChI is InChI=1S/C11H16.C2H6/c1-9-5-4-7-10-6-2-3-8-11(9)10;1-2/h3,8-9H,2,4-7H2,1H3;1-2H3. The van der Waals surface area contributed by atoms with Crippen molar-refractivity contribution in [1.29, 1.82) is 0 Å². The molecule has 1 atom stereocenters. The molecular formula is C13H22. The molecule has 0 saturated heterocycles. The Balaban J connectivity index is 0.000000396. The van der Waals surface area contributed by atoms with E-state index in [1.165, 1.54) is 32.1 Å². The Bertz CT molecular complexity index is 208. The zero-order valence-corrected chi connectivity index (χ0v) is 9.27. The van der Waals surface area contributed by atoms with Crippen LogP contribution in [0.2, 0.25) is 0 Å². The number of rotatable bonds is 0. The summed E-state index contributed by atoms with van der Waals surface area (Å²) < 4.78 is 0. The lowest BCUT2D eigenvalue weighted by Crippen LogP contribution is -2.09. The second-order valence-electron chi connectivity index (χ2n) is 3.79. The van der Waals surface area contributed by atoms with Crippen LogP contribution in [0.25, 0.3) is 0 Å². The van der Waals surface area contributed by atoms with Crippen LogP contribution in [0.5, 0.6) is 0 Å². The molecule has 0 heterocycles. The summed E-state index contributed by atoms with van der Waals surface area (Å²) in [4.78, 5) is 0. The largest absolute Gasteiger partial charge is 0.0839 e. The van der Waals surface area contributed by atoms with Gasteiger partial charge in [0, 0.05) is 0 Å². The van der Waals surface area contributed by atoms with Crippen LogP contribution in [0.4, 0.5) is 0 Å². The molecule has 0 saturated carbocycles. The zero-order chi connectivity index (χ0) is 9.68. The van der Waals surface area contributed by atoms with Crippen LogP contribution < -0.4 is 0 Å². The molecule has 0 spiro atoms. The van der Waals surface area contributed by atoms with E-state index in [-0.39, 0.29) is 0 Å². The molecule has 0 nitrogen and oxygen atoms in total. The first-order valence-corrected chi connectivity index (χ1v) is 5.76. The maximum absolute atomic E-state index is 2.37. The van der Waals surface area contributed by atoms with Crippen molar-refractivity contribution in [2.75, 3.05) is 0 Å². The minimum Gasteiger partial charge on any atom is -0.0839 e. The topological polar surface area (TPSA) is 0 Å². The molecule has 0 aliphatic heterocycles. The Hall–Kier alpha value is -0.520. The van der Waals surface area contributed by atoms with Crippen LogP contribution in [0, 0.1) is 5.92 Å². The van der Waals surface area contributed by atoms with Crippen LogP contribution in [-0.4, -0.2) is 0 Å². The molecule has 74 valence electrons. The fraction of sp³-hybridized carbons (Fsp3) is 0.692. The summed E-state index contributed by atoms with van der Waals surface area (Å²) in [5.41, 5.74) is 3.42. The molecule has 2 aliphatic rings. The summed E-state index contributed by atoms with van der Waals surface area (Å²) in [5.74, 6) is 0.843. The molecule has 0 aromatic carbocycles. The van der Waals surface area contributed by atoms with Gasteiger partial charge in [0.2, 0.25) is 0 Å². The molecule has 13 heavy (non-hydrogen) atoms. The van der Waals surface area contributed by atoms with Gasteiger partial charge < -0.3 is 0 Å². The van der Waals surface area contributed by atoms with Gasteiger partial charge in [0.25, 0.3) is 0 Å². The van der Waals surface area contributed by atoms with E-state index < -0.39 is 0 Å². The first-order valence-electron chi connectivity index (χ1n) is 5.76. The van der Waals surface area contributed by atoms with Crippen LogP contribution in [-0.2, 0) is 0 Å². The van der Waals surface area contributed by atoms with Gasteiger partial charge in [-0.05, 0) is 43.6 Å². The molecule has 1 unspecified atom stereocenters. The minimum absolute atomic E-state index is 0.843. The molecule has 2 rings (SSSR count). The molecule has 0 heteroatoms. The van der Waals surface area contributed by atoms with Gasteiger partial charge in [-0.3, -0.25) is 0 Å². The van der Waals surface area contributed by atoms with Gasteiger partial charge >= 0.3 is 0 Å². The maximum atomic E-state index is 2.37. The van der Waals surface area contributed by atoms with E-state index in [4.69, 9.17) is 0 Å². The van der Waals surface area contributed by atoms with E-state index in [0.717, 1.165) is 5.92 Å². The highest BCUT2D eigenvalue weighted by Gasteiger charge is 2.18. The lowest BCUT2D eigenvalue weighted by Gasteiger charge is -2.26. The third-order valence-electron chi connectivity index (χ3n) is 2.97. The van der Waals surface area contributed by atoms with Gasteiger partial charge in [-0.2, -0.15) is 0 Å². The highest BCUT2D eigenvalue weighted by molar-refractivity contribution is 5.32. The van der Waals surface area contributed by atoms with Crippen LogP contribution >= 0.6 is 0 Å². The number of allylic oxidation sites excluding steroid dienone is 4. The smallest absolute Gasteiger partial charge is 0.0191 e. The second-order valence-corrected chi connectivity index (χ2v) is 3.79. The van der Waals surface area contributed by atoms with Crippen molar-refractivity contribution in [2.45, 2.75) is 52.9 Å². The van der Waals surface area contributed by atoms with Gasteiger partial charge in [0.05, 0.1) is 0 Å². The molecule has 0 aromatic rings. The lowest BCUT2D eigenvalue weighted by molar-refractivity contribution is 0.531. The predicted octanol–water partition coefficient (Wildman–Crippen LogP) is 4.48. The maximum Gasteiger partial charge on any atom is -0.0191 e. The lowest BCUT2D eigenvalue weighted by atomic mass is 9.80. The van der Waals surface area contributed by atoms with Gasteiger partial charge in [-0.25, -0.2) is 0 Å². The van der Waals surface area contributed by atoms with Crippen molar-refractivity contribution in [2.24, 2.45) is 5.92 Å². The average Bonchev–Trinajstić information content (AvgIpc) is 2.22. The summed E-state index contributed by atoms with van der Waals surface area (Å²) in [7, 11) is 0. The molecular weight excluding hydrogens is 156 g/mol. The fourth-order valence-corrected chi connectivity index (χ4v) is 2.29.